The molecule has 0 saturated heterocycles. The third-order valence-corrected chi connectivity index (χ3v) is 5.91. The first-order valence-corrected chi connectivity index (χ1v) is 11.1. The number of methoxy groups -OCH3 is 1. The van der Waals surface area contributed by atoms with Gasteiger partial charge in [-0.1, -0.05) is 29.5 Å². The van der Waals surface area contributed by atoms with E-state index in [9.17, 15) is 14.0 Å². The smallest absolute Gasteiger partial charge is 0.249 e. The molecule has 0 aliphatic heterocycles. The fourth-order valence-electron chi connectivity index (χ4n) is 3.49. The molecule has 1 N–H and O–H groups in total. The Hall–Kier alpha value is -3.63. The predicted molar refractivity (Wildman–Crippen MR) is 123 cm³/mol. The van der Waals surface area contributed by atoms with Crippen LogP contribution in [0.1, 0.15) is 10.9 Å². The molecule has 0 aliphatic carbocycles. The van der Waals surface area contributed by atoms with Crippen LogP contribution in [0.25, 0.3) is 11.0 Å². The standard InChI is InChI=1S/C23H22FN5O3S/c1-32-12-11-25-23(31)22(20-10-5-13-33-20)29(17-7-4-6-16(24)14-17)21(30)15-28-19-9-3-2-8-18(19)26-27-28/h2-10,13-14,22H,11-12,15H2,1H3,(H,25,31)/t22-/m0/s1. The Morgan fingerprint density at radius 1 is 1.18 bits per heavy atom. The molecule has 4 rings (SSSR count). The summed E-state index contributed by atoms with van der Waals surface area (Å²) in [6, 6.07) is 15.5. The van der Waals surface area contributed by atoms with Crippen LogP contribution in [0.3, 0.4) is 0 Å². The van der Waals surface area contributed by atoms with Crippen LogP contribution >= 0.6 is 11.3 Å². The molecule has 0 unspecified atom stereocenters. The van der Waals surface area contributed by atoms with E-state index >= 15 is 0 Å². The molecule has 170 valence electrons. The van der Waals surface area contributed by atoms with Crippen molar-refractivity contribution in [3.8, 4) is 0 Å². The second-order valence-corrected chi connectivity index (χ2v) is 8.16. The van der Waals surface area contributed by atoms with Gasteiger partial charge in [-0.15, -0.1) is 16.4 Å². The average Bonchev–Trinajstić information content (AvgIpc) is 3.48. The van der Waals surface area contributed by atoms with Crippen LogP contribution in [0.4, 0.5) is 10.1 Å². The van der Waals surface area contributed by atoms with Gasteiger partial charge in [0.05, 0.1) is 12.1 Å². The number of rotatable bonds is 9. The predicted octanol–water partition coefficient (Wildman–Crippen LogP) is 3.17. The summed E-state index contributed by atoms with van der Waals surface area (Å²) in [6.07, 6.45) is 0. The first-order valence-electron chi connectivity index (χ1n) is 10.2. The number of thiophene rings is 1. The van der Waals surface area contributed by atoms with Gasteiger partial charge in [0.2, 0.25) is 11.8 Å². The van der Waals surface area contributed by atoms with Gasteiger partial charge in [0.15, 0.2) is 0 Å². The van der Waals surface area contributed by atoms with Crippen LogP contribution in [-0.2, 0) is 20.9 Å². The molecule has 0 aliphatic rings. The number of halogens is 1. The molecule has 0 fully saturated rings. The van der Waals surface area contributed by atoms with Gasteiger partial charge in [-0.25, -0.2) is 9.07 Å². The number of fused-ring (bicyclic) bond motifs is 1. The average molecular weight is 468 g/mol. The van der Waals surface area contributed by atoms with Crippen LogP contribution in [0.15, 0.2) is 66.0 Å². The Labute approximate surface area is 193 Å². The lowest BCUT2D eigenvalue weighted by Crippen LogP contribution is -2.45. The number of amides is 2. The van der Waals surface area contributed by atoms with E-state index in [0.29, 0.717) is 22.5 Å². The third-order valence-electron chi connectivity index (χ3n) is 4.98. The molecule has 2 amide bonds. The number of para-hydroxylation sites is 1. The van der Waals surface area contributed by atoms with E-state index in [0.717, 1.165) is 0 Å². The Balaban J connectivity index is 1.74. The highest BCUT2D eigenvalue weighted by Crippen LogP contribution is 2.31. The van der Waals surface area contributed by atoms with Crippen molar-refractivity contribution in [3.05, 3.63) is 76.7 Å². The highest BCUT2D eigenvalue weighted by molar-refractivity contribution is 7.10. The fraction of sp³-hybridized carbons (Fsp3) is 0.217. The number of carbonyl (C=O) groups excluding carboxylic acids is 2. The summed E-state index contributed by atoms with van der Waals surface area (Å²) in [6.45, 7) is 0.419. The largest absolute Gasteiger partial charge is 0.383 e. The number of hydrogen-bond acceptors (Lipinski definition) is 6. The highest BCUT2D eigenvalue weighted by atomic mass is 32.1. The van der Waals surface area contributed by atoms with Gasteiger partial charge in [0, 0.05) is 24.2 Å². The quantitative estimate of drug-likeness (QED) is 0.382. The minimum absolute atomic E-state index is 0.176. The summed E-state index contributed by atoms with van der Waals surface area (Å²) in [5, 5.41) is 12.8. The number of hydrogen-bond donors (Lipinski definition) is 1. The first-order chi connectivity index (χ1) is 16.1. The Morgan fingerprint density at radius 3 is 2.79 bits per heavy atom. The maximum absolute atomic E-state index is 14.2. The summed E-state index contributed by atoms with van der Waals surface area (Å²) in [4.78, 5) is 28.9. The lowest BCUT2D eigenvalue weighted by molar-refractivity contribution is -0.127. The van der Waals surface area contributed by atoms with E-state index in [1.54, 1.807) is 24.3 Å². The van der Waals surface area contributed by atoms with Crippen molar-refractivity contribution in [1.82, 2.24) is 20.3 Å². The topological polar surface area (TPSA) is 89.4 Å². The molecule has 2 aromatic carbocycles. The lowest BCUT2D eigenvalue weighted by atomic mass is 10.1. The molecule has 0 saturated carbocycles. The van der Waals surface area contributed by atoms with Crippen LogP contribution < -0.4 is 10.2 Å². The first kappa shape index (κ1) is 22.6. The minimum Gasteiger partial charge on any atom is -0.383 e. The molecule has 0 bridgehead atoms. The zero-order chi connectivity index (χ0) is 23.2. The maximum Gasteiger partial charge on any atom is 0.249 e. The second kappa shape index (κ2) is 10.3. The number of nitrogens with zero attached hydrogens (tertiary/aromatic N) is 4. The second-order valence-electron chi connectivity index (χ2n) is 7.18. The maximum atomic E-state index is 14.2. The molecule has 33 heavy (non-hydrogen) atoms. The van der Waals surface area contributed by atoms with Crippen molar-refractivity contribution in [2.45, 2.75) is 12.6 Å². The van der Waals surface area contributed by atoms with Crippen molar-refractivity contribution in [2.75, 3.05) is 25.2 Å². The molecule has 2 heterocycles. The normalized spacial score (nSPS) is 11.9. The van der Waals surface area contributed by atoms with Gasteiger partial charge >= 0.3 is 0 Å². The molecular formula is C23H22FN5O3S. The summed E-state index contributed by atoms with van der Waals surface area (Å²) >= 11 is 1.34. The van der Waals surface area contributed by atoms with Gasteiger partial charge in [0.1, 0.15) is 23.9 Å². The van der Waals surface area contributed by atoms with E-state index in [2.05, 4.69) is 15.6 Å². The zero-order valence-corrected chi connectivity index (χ0v) is 18.7. The van der Waals surface area contributed by atoms with Crippen LogP contribution in [0.2, 0.25) is 0 Å². The van der Waals surface area contributed by atoms with Crippen LogP contribution in [-0.4, -0.2) is 47.1 Å². The SMILES string of the molecule is COCCNC(=O)[C@H](c1cccs1)N(C(=O)Cn1nnc2ccccc21)c1cccc(F)c1. The summed E-state index contributed by atoms with van der Waals surface area (Å²) in [7, 11) is 1.54. The Bertz CT molecular complexity index is 1240. The van der Waals surface area contributed by atoms with E-state index in [1.807, 2.05) is 23.6 Å². The molecule has 0 radical (unpaired) electrons. The number of ether oxygens (including phenoxy) is 1. The number of anilines is 1. The van der Waals surface area contributed by atoms with Gasteiger partial charge in [-0.3, -0.25) is 14.5 Å². The lowest BCUT2D eigenvalue weighted by Gasteiger charge is -2.30. The molecular weight excluding hydrogens is 445 g/mol. The molecule has 0 spiro atoms. The van der Waals surface area contributed by atoms with Crippen molar-refractivity contribution in [1.29, 1.82) is 0 Å². The Kier molecular flexibility index (Phi) is 7.06. The van der Waals surface area contributed by atoms with Gasteiger partial charge < -0.3 is 10.1 Å². The highest BCUT2D eigenvalue weighted by Gasteiger charge is 2.34. The van der Waals surface area contributed by atoms with Crippen LogP contribution in [0.5, 0.6) is 0 Å². The fourth-order valence-corrected chi connectivity index (χ4v) is 4.31. The number of nitrogens with one attached hydrogen (secondary N) is 1. The number of benzene rings is 2. The van der Waals surface area contributed by atoms with Crippen molar-refractivity contribution >= 4 is 39.9 Å². The van der Waals surface area contributed by atoms with Crippen molar-refractivity contribution < 1.29 is 18.7 Å². The van der Waals surface area contributed by atoms with Gasteiger partial charge in [-0.05, 0) is 41.8 Å². The third kappa shape index (κ3) is 5.07. The molecule has 8 nitrogen and oxygen atoms in total. The van der Waals surface area contributed by atoms with Crippen molar-refractivity contribution in [3.63, 3.8) is 0 Å². The molecule has 2 aromatic heterocycles. The van der Waals surface area contributed by atoms with Crippen molar-refractivity contribution in [2.24, 2.45) is 0 Å². The molecule has 10 heteroatoms. The number of aromatic nitrogens is 3. The van der Waals surface area contributed by atoms with E-state index in [-0.39, 0.29) is 18.8 Å². The van der Waals surface area contributed by atoms with Gasteiger partial charge in [0.25, 0.3) is 0 Å². The van der Waals surface area contributed by atoms with Crippen LogP contribution in [0, 0.1) is 5.82 Å². The monoisotopic (exact) mass is 467 g/mol. The van der Waals surface area contributed by atoms with E-state index < -0.39 is 23.7 Å². The molecule has 1 atom stereocenters. The van der Waals surface area contributed by atoms with E-state index in [1.165, 1.54) is 46.2 Å². The minimum atomic E-state index is -0.994. The number of carbonyl (C=O) groups is 2. The summed E-state index contributed by atoms with van der Waals surface area (Å²) < 4.78 is 20.6. The van der Waals surface area contributed by atoms with E-state index in [4.69, 9.17) is 4.74 Å². The molecule has 4 aromatic rings. The Morgan fingerprint density at radius 2 is 2.03 bits per heavy atom. The summed E-state index contributed by atoms with van der Waals surface area (Å²) in [5.74, 6) is -1.34. The summed E-state index contributed by atoms with van der Waals surface area (Å²) in [5.41, 5.74) is 1.60. The zero-order valence-electron chi connectivity index (χ0n) is 17.8. The van der Waals surface area contributed by atoms with Gasteiger partial charge in [-0.2, -0.15) is 0 Å².